The molecule has 0 spiro atoms. The fourth-order valence-corrected chi connectivity index (χ4v) is 4.02. The number of nitrogens with zero attached hydrogens (tertiary/aromatic N) is 1. The summed E-state index contributed by atoms with van der Waals surface area (Å²) in [7, 11) is 3.80. The zero-order chi connectivity index (χ0) is 22.8. The van der Waals surface area contributed by atoms with Gasteiger partial charge in [0.05, 0.1) is 23.7 Å². The van der Waals surface area contributed by atoms with Crippen LogP contribution in [0.15, 0.2) is 24.3 Å². The number of carbonyl (C=O) groups excluding carboxylic acids is 3. The molecule has 1 aliphatic carbocycles. The van der Waals surface area contributed by atoms with Crippen LogP contribution in [0.4, 0.5) is 5.69 Å². The van der Waals surface area contributed by atoms with Crippen molar-refractivity contribution in [2.24, 2.45) is 11.8 Å². The first-order chi connectivity index (χ1) is 13.8. The highest BCUT2D eigenvalue weighted by molar-refractivity contribution is 6.02. The van der Waals surface area contributed by atoms with Gasteiger partial charge in [-0.3, -0.25) is 14.4 Å². The molecule has 1 fully saturated rings. The van der Waals surface area contributed by atoms with Gasteiger partial charge in [-0.1, -0.05) is 12.1 Å². The van der Waals surface area contributed by atoms with Gasteiger partial charge in [0.25, 0.3) is 0 Å². The maximum atomic E-state index is 13.0. The highest BCUT2D eigenvalue weighted by atomic mass is 16.5. The zero-order valence-corrected chi connectivity index (χ0v) is 18.8. The Bertz CT molecular complexity index is 773. The summed E-state index contributed by atoms with van der Waals surface area (Å²) in [6, 6.07) is 7.25. The smallest absolute Gasteiger partial charge is 0.317 e. The monoisotopic (exact) mass is 419 g/mol. The predicted molar refractivity (Wildman–Crippen MR) is 113 cm³/mol. The molecule has 0 amide bonds. The SMILES string of the molecule is CC(C)OC(=O)[C@H]1C(=O)C[C@](C)(O)[C@H](C(=O)OC(C)C)[C@@H]1c1ccc(N(C)C)cc1. The molecule has 0 bridgehead atoms. The number of ketones is 1. The van der Waals surface area contributed by atoms with Crippen molar-refractivity contribution in [2.45, 2.75) is 64.8 Å². The van der Waals surface area contributed by atoms with E-state index in [1.165, 1.54) is 6.92 Å². The number of carbonyl (C=O) groups is 3. The number of hydrogen-bond donors (Lipinski definition) is 1. The summed E-state index contributed by atoms with van der Waals surface area (Å²) >= 11 is 0. The highest BCUT2D eigenvalue weighted by Gasteiger charge is 2.57. The first-order valence-electron chi connectivity index (χ1n) is 10.3. The molecule has 0 aromatic heterocycles. The van der Waals surface area contributed by atoms with Gasteiger partial charge >= 0.3 is 11.9 Å². The van der Waals surface area contributed by atoms with Crippen LogP contribution in [0.2, 0.25) is 0 Å². The van der Waals surface area contributed by atoms with Gasteiger partial charge < -0.3 is 19.5 Å². The minimum atomic E-state index is -1.65. The third kappa shape index (κ3) is 5.19. The average molecular weight is 420 g/mol. The Hall–Kier alpha value is -2.41. The number of benzene rings is 1. The summed E-state index contributed by atoms with van der Waals surface area (Å²) in [5.74, 6) is -4.94. The first kappa shape index (κ1) is 23.9. The fourth-order valence-electron chi connectivity index (χ4n) is 4.02. The highest BCUT2D eigenvalue weighted by Crippen LogP contribution is 2.47. The van der Waals surface area contributed by atoms with Gasteiger partial charge in [-0.25, -0.2) is 0 Å². The molecule has 1 aromatic carbocycles. The van der Waals surface area contributed by atoms with Gasteiger partial charge in [-0.05, 0) is 52.3 Å². The van der Waals surface area contributed by atoms with E-state index in [-0.39, 0.29) is 6.42 Å². The lowest BCUT2D eigenvalue weighted by Crippen LogP contribution is -2.55. The lowest BCUT2D eigenvalue weighted by molar-refractivity contribution is -0.176. The maximum Gasteiger partial charge on any atom is 0.317 e. The molecule has 0 unspecified atom stereocenters. The Morgan fingerprint density at radius 2 is 1.53 bits per heavy atom. The van der Waals surface area contributed by atoms with Crippen molar-refractivity contribution in [2.75, 3.05) is 19.0 Å². The second-order valence-corrected chi connectivity index (χ2v) is 8.94. The number of rotatable bonds is 6. The number of hydrogen-bond acceptors (Lipinski definition) is 7. The van der Waals surface area contributed by atoms with E-state index in [0.717, 1.165) is 5.69 Å². The van der Waals surface area contributed by atoms with Crippen molar-refractivity contribution in [3.63, 3.8) is 0 Å². The van der Waals surface area contributed by atoms with Crippen LogP contribution in [0.25, 0.3) is 0 Å². The number of Topliss-reactive ketones (excluding diaryl/α,β-unsaturated/α-hetero) is 1. The van der Waals surface area contributed by atoms with E-state index in [2.05, 4.69) is 0 Å². The van der Waals surface area contributed by atoms with E-state index in [1.54, 1.807) is 39.8 Å². The fraction of sp³-hybridized carbons (Fsp3) is 0.609. The third-order valence-corrected chi connectivity index (χ3v) is 5.27. The molecule has 7 nitrogen and oxygen atoms in total. The Labute approximate surface area is 178 Å². The van der Waals surface area contributed by atoms with E-state index in [4.69, 9.17) is 9.47 Å². The van der Waals surface area contributed by atoms with Gasteiger partial charge in [-0.2, -0.15) is 0 Å². The van der Waals surface area contributed by atoms with Gasteiger partial charge in [0.2, 0.25) is 0 Å². The van der Waals surface area contributed by atoms with Crippen LogP contribution in [0.1, 0.15) is 52.5 Å². The van der Waals surface area contributed by atoms with Crippen LogP contribution in [-0.2, 0) is 23.9 Å². The van der Waals surface area contributed by atoms with Gasteiger partial charge in [-0.15, -0.1) is 0 Å². The molecule has 7 heteroatoms. The summed E-state index contributed by atoms with van der Waals surface area (Å²) < 4.78 is 10.8. The van der Waals surface area contributed by atoms with Crippen LogP contribution in [0.5, 0.6) is 0 Å². The molecule has 2 rings (SSSR count). The molecule has 1 N–H and O–H groups in total. The van der Waals surface area contributed by atoms with Crippen molar-refractivity contribution in [3.05, 3.63) is 29.8 Å². The number of ether oxygens (including phenoxy) is 2. The second-order valence-electron chi connectivity index (χ2n) is 8.94. The summed E-state index contributed by atoms with van der Waals surface area (Å²) in [5, 5.41) is 11.1. The molecule has 0 aliphatic heterocycles. The second kappa shape index (κ2) is 9.16. The largest absolute Gasteiger partial charge is 0.463 e. The normalized spacial score (nSPS) is 26.6. The number of anilines is 1. The summed E-state index contributed by atoms with van der Waals surface area (Å²) in [5.41, 5.74) is -0.122. The molecule has 0 radical (unpaired) electrons. The summed E-state index contributed by atoms with van der Waals surface area (Å²) in [6.45, 7) is 8.28. The minimum Gasteiger partial charge on any atom is -0.463 e. The molecule has 1 aromatic rings. The van der Waals surface area contributed by atoms with Crippen molar-refractivity contribution >= 4 is 23.4 Å². The Morgan fingerprint density at radius 1 is 1.03 bits per heavy atom. The van der Waals surface area contributed by atoms with Crippen molar-refractivity contribution in [3.8, 4) is 0 Å². The van der Waals surface area contributed by atoms with Crippen molar-refractivity contribution in [1.82, 2.24) is 0 Å². The van der Waals surface area contributed by atoms with E-state index in [0.29, 0.717) is 5.56 Å². The maximum absolute atomic E-state index is 13.0. The average Bonchev–Trinajstić information content (AvgIpc) is 2.58. The lowest BCUT2D eigenvalue weighted by Gasteiger charge is -2.44. The third-order valence-electron chi connectivity index (χ3n) is 5.27. The molecule has 0 saturated heterocycles. The number of aliphatic hydroxyl groups is 1. The van der Waals surface area contributed by atoms with E-state index in [1.807, 2.05) is 31.1 Å². The van der Waals surface area contributed by atoms with Crippen LogP contribution in [0.3, 0.4) is 0 Å². The van der Waals surface area contributed by atoms with Crippen LogP contribution >= 0.6 is 0 Å². The van der Waals surface area contributed by atoms with Gasteiger partial charge in [0.15, 0.2) is 5.78 Å². The minimum absolute atomic E-state index is 0.324. The molecule has 0 heterocycles. The Balaban J connectivity index is 2.61. The Morgan fingerprint density at radius 3 is 2.00 bits per heavy atom. The Kier molecular flexibility index (Phi) is 7.29. The lowest BCUT2D eigenvalue weighted by atomic mass is 9.61. The molecular formula is C23H33NO6. The molecule has 30 heavy (non-hydrogen) atoms. The van der Waals surface area contributed by atoms with E-state index < -0.39 is 53.3 Å². The standard InChI is InChI=1S/C23H33NO6/c1-13(2)29-21(26)19-17(25)12-23(5,28)20(22(27)30-14(3)4)18(19)15-8-10-16(11-9-15)24(6)7/h8-11,13-14,18-20,28H,12H2,1-7H3/t18-,19+,20+,23+/m1/s1. The van der Waals surface area contributed by atoms with Gasteiger partial charge in [0.1, 0.15) is 5.92 Å². The first-order valence-corrected chi connectivity index (χ1v) is 10.3. The summed E-state index contributed by atoms with van der Waals surface area (Å²) in [4.78, 5) is 40.8. The van der Waals surface area contributed by atoms with Crippen LogP contribution < -0.4 is 4.90 Å². The van der Waals surface area contributed by atoms with Crippen molar-refractivity contribution in [1.29, 1.82) is 0 Å². The van der Waals surface area contributed by atoms with E-state index in [9.17, 15) is 19.5 Å². The molecule has 1 aliphatic rings. The van der Waals surface area contributed by atoms with Crippen LogP contribution in [0, 0.1) is 11.8 Å². The molecule has 166 valence electrons. The quantitative estimate of drug-likeness (QED) is 0.560. The number of esters is 2. The summed E-state index contributed by atoms with van der Waals surface area (Å²) in [6.07, 6.45) is -1.14. The molecule has 1 saturated carbocycles. The predicted octanol–water partition coefficient (Wildman–Crippen LogP) is 2.70. The topological polar surface area (TPSA) is 93.1 Å². The molecular weight excluding hydrogens is 386 g/mol. The van der Waals surface area contributed by atoms with Gasteiger partial charge in [0, 0.05) is 32.1 Å². The van der Waals surface area contributed by atoms with Crippen LogP contribution in [-0.4, -0.2) is 54.7 Å². The molecule has 4 atom stereocenters. The van der Waals surface area contributed by atoms with E-state index >= 15 is 0 Å². The van der Waals surface area contributed by atoms with Crippen molar-refractivity contribution < 1.29 is 29.0 Å². The zero-order valence-electron chi connectivity index (χ0n) is 18.8.